The topological polar surface area (TPSA) is 273 Å². The fraction of sp³-hybridized carbons (Fsp3) is 0.756. The van der Waals surface area contributed by atoms with Crippen LogP contribution in [0.4, 0.5) is 0 Å². The van der Waals surface area contributed by atoms with Crippen LogP contribution in [0.2, 0.25) is 0 Å². The van der Waals surface area contributed by atoms with Crippen LogP contribution in [0.25, 0.3) is 0 Å². The van der Waals surface area contributed by atoms with Gasteiger partial charge >= 0.3 is 27.6 Å². The molecule has 0 aromatic rings. The zero-order chi connectivity index (χ0) is 47.6. The van der Waals surface area contributed by atoms with Gasteiger partial charge in [-0.1, -0.05) is 146 Å². The molecule has 0 spiro atoms. The lowest BCUT2D eigenvalue weighted by molar-refractivity contribution is -0.216. The van der Waals surface area contributed by atoms with E-state index in [2.05, 4.69) is 18.4 Å². The number of aliphatic hydroxyl groups is 4. The maximum atomic E-state index is 13.0. The molecule has 7 N–H and O–H groups in total. The number of aliphatic hydroxyl groups excluding tert-OH is 4. The number of phosphoric ester groups is 2. The second-order valence-corrected chi connectivity index (χ2v) is 18.8. The number of ketones is 1. The van der Waals surface area contributed by atoms with Crippen molar-refractivity contribution >= 4 is 33.4 Å². The van der Waals surface area contributed by atoms with E-state index in [1.54, 1.807) is 12.2 Å². The number of carbonyl (C=O) groups excluding carboxylic acids is 3. The van der Waals surface area contributed by atoms with Crippen LogP contribution in [-0.2, 0) is 46.6 Å². The molecule has 64 heavy (non-hydrogen) atoms. The molecule has 1 saturated carbocycles. The summed E-state index contributed by atoms with van der Waals surface area (Å²) in [6, 6.07) is 0. The monoisotopic (exact) mass is 952 g/mol. The van der Waals surface area contributed by atoms with Crippen LogP contribution in [0.5, 0.6) is 0 Å². The maximum Gasteiger partial charge on any atom is 0.472 e. The Morgan fingerprint density at radius 1 is 0.547 bits per heavy atom. The number of hydrogen-bond acceptors (Lipinski definition) is 14. The van der Waals surface area contributed by atoms with E-state index >= 15 is 0 Å². The van der Waals surface area contributed by atoms with Crippen LogP contribution in [0, 0.1) is 0 Å². The van der Waals surface area contributed by atoms with Gasteiger partial charge in [0.1, 0.15) is 43.2 Å². The molecule has 0 aromatic carbocycles. The van der Waals surface area contributed by atoms with Crippen molar-refractivity contribution < 1.29 is 81.7 Å². The standard InChI is InChI=1S/C45H78O17P2/c1-3-5-7-8-9-10-11-12-15-19-22-25-29-33-39(48)60-37(35-59-64(56,57)62-45-42(51)40(49)41(50)44(43(45)52)61-63(53,54)55)34-58-38(47)32-28-24-21-18-16-13-14-17-20-23-27-31-36(46)30-26-6-4-2/h13-14,18,20-21,23,27,31,37,40-45,49-52H,3-12,15-17,19,22,24-26,28-30,32-35H2,1-2H3,(H,56,57)(H2,53,54,55)/b14-13-,21-18-,23-20-,31-27+/t37-,40?,41?,42?,43?,44-,45+/m1/s1. The molecule has 0 bridgehead atoms. The van der Waals surface area contributed by atoms with E-state index in [-0.39, 0.29) is 18.6 Å². The third-order valence-electron chi connectivity index (χ3n) is 10.4. The van der Waals surface area contributed by atoms with Crippen molar-refractivity contribution in [3.8, 4) is 0 Å². The van der Waals surface area contributed by atoms with Gasteiger partial charge in [-0.15, -0.1) is 0 Å². The van der Waals surface area contributed by atoms with Gasteiger partial charge in [0.2, 0.25) is 0 Å². The lowest BCUT2D eigenvalue weighted by atomic mass is 9.85. The number of allylic oxidation sites excluding steroid dienone is 8. The van der Waals surface area contributed by atoms with Gasteiger partial charge in [-0.3, -0.25) is 28.0 Å². The van der Waals surface area contributed by atoms with Crippen molar-refractivity contribution in [2.75, 3.05) is 13.2 Å². The fourth-order valence-corrected chi connectivity index (χ4v) is 8.28. The van der Waals surface area contributed by atoms with Crippen LogP contribution in [0.3, 0.4) is 0 Å². The fourth-order valence-electron chi connectivity index (χ4n) is 6.74. The smallest absolute Gasteiger partial charge is 0.462 e. The molecule has 17 nitrogen and oxygen atoms in total. The Morgan fingerprint density at radius 2 is 1.05 bits per heavy atom. The van der Waals surface area contributed by atoms with E-state index in [4.69, 9.17) is 28.3 Å². The Labute approximate surface area is 380 Å². The molecule has 0 amide bonds. The molecule has 0 radical (unpaired) electrons. The first-order valence-corrected chi connectivity index (χ1v) is 26.2. The summed E-state index contributed by atoms with van der Waals surface area (Å²) in [4.78, 5) is 65.9. The van der Waals surface area contributed by atoms with Gasteiger partial charge in [0.25, 0.3) is 0 Å². The first-order valence-electron chi connectivity index (χ1n) is 23.1. The second-order valence-electron chi connectivity index (χ2n) is 16.2. The molecule has 0 heterocycles. The summed E-state index contributed by atoms with van der Waals surface area (Å²) in [5.41, 5.74) is 0. The zero-order valence-corrected chi connectivity index (χ0v) is 39.7. The number of unbranched alkanes of at least 4 members (excludes halogenated alkanes) is 15. The predicted octanol–water partition coefficient (Wildman–Crippen LogP) is 7.68. The molecular weight excluding hydrogens is 874 g/mol. The molecule has 0 aliphatic heterocycles. The highest BCUT2D eigenvalue weighted by Gasteiger charge is 2.54. The molecule has 19 heteroatoms. The Kier molecular flexibility index (Phi) is 33.3. The van der Waals surface area contributed by atoms with E-state index in [1.807, 2.05) is 36.5 Å². The summed E-state index contributed by atoms with van der Waals surface area (Å²) in [7, 11) is -10.7. The molecule has 0 aromatic heterocycles. The normalized spacial score (nSPS) is 22.1. The zero-order valence-electron chi connectivity index (χ0n) is 37.9. The molecule has 1 fully saturated rings. The predicted molar refractivity (Wildman–Crippen MR) is 242 cm³/mol. The first-order chi connectivity index (χ1) is 30.5. The summed E-state index contributed by atoms with van der Waals surface area (Å²) in [6.07, 6.45) is 20.6. The Bertz CT molecular complexity index is 1490. The summed E-state index contributed by atoms with van der Waals surface area (Å²) in [5, 5.41) is 41.2. The van der Waals surface area contributed by atoms with E-state index in [0.29, 0.717) is 32.1 Å². The van der Waals surface area contributed by atoms with Crippen molar-refractivity contribution in [3.63, 3.8) is 0 Å². The van der Waals surface area contributed by atoms with Gasteiger partial charge < -0.3 is 44.6 Å². The quantitative estimate of drug-likeness (QED) is 0.00780. The summed E-state index contributed by atoms with van der Waals surface area (Å²) in [6.45, 7) is 2.89. The highest BCUT2D eigenvalue weighted by Crippen LogP contribution is 2.49. The Balaban J connectivity index is 2.66. The van der Waals surface area contributed by atoms with Gasteiger partial charge in [-0.05, 0) is 44.6 Å². The minimum Gasteiger partial charge on any atom is -0.462 e. The van der Waals surface area contributed by atoms with Gasteiger partial charge in [0.15, 0.2) is 11.9 Å². The van der Waals surface area contributed by atoms with Gasteiger partial charge in [-0.25, -0.2) is 9.13 Å². The lowest BCUT2D eigenvalue weighted by Gasteiger charge is -2.43. The van der Waals surface area contributed by atoms with Crippen LogP contribution < -0.4 is 0 Å². The van der Waals surface area contributed by atoms with Crippen LogP contribution >= 0.6 is 15.6 Å². The molecule has 8 atom stereocenters. The molecule has 5 unspecified atom stereocenters. The van der Waals surface area contributed by atoms with Gasteiger partial charge in [-0.2, -0.15) is 0 Å². The molecule has 0 saturated heterocycles. The highest BCUT2D eigenvalue weighted by atomic mass is 31.2. The number of phosphoric acid groups is 2. The SMILES string of the molecule is CCCCCCCCCCCCCCCC(=O)O[C@H](COC(=O)CCC/C=C\C/C=C\C/C=C\C=C\C(=O)CCCCC)COP(=O)(O)O[C@H]1C(O)C(O)C(O)[C@@H](OP(=O)(O)O)C1O. The van der Waals surface area contributed by atoms with Crippen LogP contribution in [0.15, 0.2) is 48.6 Å². The first kappa shape index (κ1) is 59.6. The third kappa shape index (κ3) is 30.0. The van der Waals surface area contributed by atoms with E-state index in [0.717, 1.165) is 51.4 Å². The van der Waals surface area contributed by atoms with E-state index < -0.39 is 83.5 Å². The number of hydrogen-bond donors (Lipinski definition) is 7. The number of esters is 2. The van der Waals surface area contributed by atoms with Crippen LogP contribution in [-0.4, -0.2) is 109 Å². The average molecular weight is 953 g/mol. The van der Waals surface area contributed by atoms with Crippen LogP contribution in [0.1, 0.15) is 162 Å². The van der Waals surface area contributed by atoms with Gasteiger partial charge in [0, 0.05) is 19.3 Å². The average Bonchev–Trinajstić information content (AvgIpc) is 3.24. The largest absolute Gasteiger partial charge is 0.472 e. The minimum atomic E-state index is -5.37. The number of rotatable bonds is 38. The second kappa shape index (κ2) is 35.8. The Morgan fingerprint density at radius 3 is 1.64 bits per heavy atom. The summed E-state index contributed by atoms with van der Waals surface area (Å²) < 4.78 is 49.2. The molecule has 370 valence electrons. The molecule has 1 aliphatic rings. The third-order valence-corrected chi connectivity index (χ3v) is 11.9. The molecule has 1 aliphatic carbocycles. The number of carbonyl (C=O) groups is 3. The van der Waals surface area contributed by atoms with Crippen molar-refractivity contribution in [2.45, 2.75) is 204 Å². The molecular formula is C45H78O17P2. The van der Waals surface area contributed by atoms with Gasteiger partial charge in [0.05, 0.1) is 6.61 Å². The van der Waals surface area contributed by atoms with E-state index in [9.17, 15) is 48.8 Å². The lowest BCUT2D eigenvalue weighted by Crippen LogP contribution is -2.64. The van der Waals surface area contributed by atoms with Crippen molar-refractivity contribution in [1.82, 2.24) is 0 Å². The summed E-state index contributed by atoms with van der Waals surface area (Å²) >= 11 is 0. The van der Waals surface area contributed by atoms with Crippen molar-refractivity contribution in [2.24, 2.45) is 0 Å². The highest BCUT2D eigenvalue weighted by molar-refractivity contribution is 7.47. The number of ether oxygens (including phenoxy) is 2. The maximum absolute atomic E-state index is 13.0. The summed E-state index contributed by atoms with van der Waals surface area (Å²) in [5.74, 6) is -1.18. The minimum absolute atomic E-state index is 0.0190. The van der Waals surface area contributed by atoms with Crippen molar-refractivity contribution in [1.29, 1.82) is 0 Å². The Hall–Kier alpha value is -2.37. The van der Waals surface area contributed by atoms with Crippen molar-refractivity contribution in [3.05, 3.63) is 48.6 Å². The van der Waals surface area contributed by atoms with E-state index in [1.165, 1.54) is 51.4 Å². The molecule has 1 rings (SSSR count).